The van der Waals surface area contributed by atoms with Crippen LogP contribution in [0.4, 0.5) is 5.69 Å². The van der Waals surface area contributed by atoms with E-state index in [-0.39, 0.29) is 5.91 Å². The zero-order valence-electron chi connectivity index (χ0n) is 23.9. The smallest absolute Gasteiger partial charge is 0.224 e. The predicted molar refractivity (Wildman–Crippen MR) is 158 cm³/mol. The molecular formula is C32H45N3O3. The number of likely N-dealkylation sites (tertiary alicyclic amines) is 1. The number of amides is 1. The van der Waals surface area contributed by atoms with Gasteiger partial charge in [-0.15, -0.1) is 0 Å². The van der Waals surface area contributed by atoms with Crippen LogP contribution in [0.1, 0.15) is 64.9 Å². The second-order valence-electron chi connectivity index (χ2n) is 9.77. The van der Waals surface area contributed by atoms with Gasteiger partial charge in [0.1, 0.15) is 5.75 Å². The van der Waals surface area contributed by atoms with E-state index < -0.39 is 0 Å². The van der Waals surface area contributed by atoms with E-state index in [9.17, 15) is 4.79 Å². The summed E-state index contributed by atoms with van der Waals surface area (Å²) in [5.41, 5.74) is 5.25. The van der Waals surface area contributed by atoms with Gasteiger partial charge in [0.2, 0.25) is 5.91 Å². The van der Waals surface area contributed by atoms with Gasteiger partial charge < -0.3 is 19.6 Å². The second kappa shape index (κ2) is 14.8. The van der Waals surface area contributed by atoms with Gasteiger partial charge in [0.25, 0.3) is 0 Å². The number of carbonyl (C=O) groups excluding carboxylic acids is 1. The number of pyridine rings is 1. The molecule has 1 saturated carbocycles. The fourth-order valence-corrected chi connectivity index (χ4v) is 5.25. The van der Waals surface area contributed by atoms with Crippen molar-refractivity contribution in [1.29, 1.82) is 0 Å². The Morgan fingerprint density at radius 2 is 1.68 bits per heavy atom. The molecule has 2 aliphatic rings. The first-order chi connectivity index (χ1) is 18.6. The molecule has 0 unspecified atom stereocenters. The van der Waals surface area contributed by atoms with Crippen LogP contribution in [0.25, 0.3) is 22.0 Å². The number of aryl methyl sites for hydroxylation is 1. The van der Waals surface area contributed by atoms with Crippen molar-refractivity contribution >= 4 is 22.5 Å². The Bertz CT molecular complexity index is 1150. The largest absolute Gasteiger partial charge is 0.494 e. The number of rotatable bonds is 8. The minimum Gasteiger partial charge on any atom is -0.494 e. The lowest BCUT2D eigenvalue weighted by Gasteiger charge is -2.38. The van der Waals surface area contributed by atoms with Gasteiger partial charge >= 0.3 is 0 Å². The number of aliphatic hydroxyl groups is 1. The van der Waals surface area contributed by atoms with E-state index in [0.717, 1.165) is 78.6 Å². The monoisotopic (exact) mass is 519 g/mol. The number of ether oxygens (including phenoxy) is 1. The number of carbonyl (C=O) groups is 1. The third-order valence-corrected chi connectivity index (χ3v) is 7.32. The molecule has 2 heterocycles. The molecule has 6 nitrogen and oxygen atoms in total. The molecule has 0 bridgehead atoms. The third kappa shape index (κ3) is 7.12. The van der Waals surface area contributed by atoms with Gasteiger partial charge in [-0.3, -0.25) is 9.78 Å². The molecule has 1 N–H and O–H groups in total. The lowest BCUT2D eigenvalue weighted by Crippen LogP contribution is -2.43. The average Bonchev–Trinajstić information content (AvgIpc) is 3.45. The highest BCUT2D eigenvalue weighted by Crippen LogP contribution is 2.37. The normalized spacial score (nSPS) is 15.1. The summed E-state index contributed by atoms with van der Waals surface area (Å²) in [6.07, 6.45) is 8.96. The summed E-state index contributed by atoms with van der Waals surface area (Å²) in [6, 6.07) is 15.0. The zero-order valence-corrected chi connectivity index (χ0v) is 23.9. The van der Waals surface area contributed by atoms with Crippen molar-refractivity contribution in [2.75, 3.05) is 38.3 Å². The zero-order chi connectivity index (χ0) is 27.5. The first kappa shape index (κ1) is 29.6. The molecule has 3 aromatic rings. The van der Waals surface area contributed by atoms with Gasteiger partial charge in [-0.1, -0.05) is 32.0 Å². The highest BCUT2D eigenvalue weighted by Gasteiger charge is 2.30. The van der Waals surface area contributed by atoms with Gasteiger partial charge in [0.15, 0.2) is 0 Å². The van der Waals surface area contributed by atoms with E-state index in [4.69, 9.17) is 9.84 Å². The van der Waals surface area contributed by atoms with Crippen molar-refractivity contribution in [2.24, 2.45) is 0 Å². The van der Waals surface area contributed by atoms with Crippen molar-refractivity contribution in [3.05, 3.63) is 54.2 Å². The van der Waals surface area contributed by atoms with E-state index in [1.165, 1.54) is 32.4 Å². The lowest BCUT2D eigenvalue weighted by molar-refractivity contribution is -0.117. The maximum atomic E-state index is 12.6. The number of aromatic nitrogens is 1. The van der Waals surface area contributed by atoms with Crippen LogP contribution in [-0.4, -0.2) is 60.3 Å². The minimum absolute atomic E-state index is 0.108. The summed E-state index contributed by atoms with van der Waals surface area (Å²) >= 11 is 0. The Morgan fingerprint density at radius 1 is 1.03 bits per heavy atom. The van der Waals surface area contributed by atoms with Gasteiger partial charge in [-0.25, -0.2) is 0 Å². The first-order valence-corrected chi connectivity index (χ1v) is 14.2. The quantitative estimate of drug-likeness (QED) is 0.339. The summed E-state index contributed by atoms with van der Waals surface area (Å²) in [6.45, 7) is 12.1. The van der Waals surface area contributed by atoms with E-state index >= 15 is 0 Å². The Morgan fingerprint density at radius 3 is 2.29 bits per heavy atom. The Hall–Kier alpha value is -2.96. The Labute approximate surface area is 228 Å². The van der Waals surface area contributed by atoms with E-state index in [0.29, 0.717) is 6.04 Å². The van der Waals surface area contributed by atoms with Crippen LogP contribution >= 0.6 is 0 Å². The highest BCUT2D eigenvalue weighted by molar-refractivity contribution is 6.04. The van der Waals surface area contributed by atoms with Crippen LogP contribution in [0, 0.1) is 6.92 Å². The summed E-state index contributed by atoms with van der Waals surface area (Å²) in [5.74, 6) is 1.02. The topological polar surface area (TPSA) is 65.9 Å². The number of anilines is 1. The second-order valence-corrected chi connectivity index (χ2v) is 9.77. The molecule has 206 valence electrons. The minimum atomic E-state index is 0.108. The van der Waals surface area contributed by atoms with Gasteiger partial charge in [-0.05, 0) is 99.5 Å². The molecule has 38 heavy (non-hydrogen) atoms. The molecule has 0 spiro atoms. The summed E-state index contributed by atoms with van der Waals surface area (Å²) < 4.78 is 5.98. The van der Waals surface area contributed by atoms with Crippen molar-refractivity contribution in [1.82, 2.24) is 9.88 Å². The molecule has 2 fully saturated rings. The number of fused-ring (bicyclic) bond motifs is 1. The first-order valence-electron chi connectivity index (χ1n) is 14.2. The van der Waals surface area contributed by atoms with Gasteiger partial charge in [0, 0.05) is 38.2 Å². The fourth-order valence-electron chi connectivity index (χ4n) is 5.25. The molecule has 2 aromatic carbocycles. The van der Waals surface area contributed by atoms with Crippen LogP contribution < -0.4 is 9.64 Å². The molecule has 0 radical (unpaired) electrons. The highest BCUT2D eigenvalue weighted by atomic mass is 16.5. The third-order valence-electron chi connectivity index (χ3n) is 7.32. The number of benzene rings is 2. The van der Waals surface area contributed by atoms with Crippen LogP contribution in [0.15, 0.2) is 48.7 Å². The molecule has 1 aromatic heterocycles. The van der Waals surface area contributed by atoms with Crippen LogP contribution in [-0.2, 0) is 4.79 Å². The molecule has 0 atom stereocenters. The number of nitrogens with zero attached hydrogens (tertiary/aromatic N) is 3. The maximum absolute atomic E-state index is 12.6. The molecule has 5 rings (SSSR count). The number of hydrogen-bond acceptors (Lipinski definition) is 5. The molecule has 1 amide bonds. The Balaban J connectivity index is 0.000000956. The van der Waals surface area contributed by atoms with Crippen molar-refractivity contribution < 1.29 is 14.6 Å². The summed E-state index contributed by atoms with van der Waals surface area (Å²) in [4.78, 5) is 21.8. The molecule has 1 saturated heterocycles. The molecular weight excluding hydrogens is 474 g/mol. The maximum Gasteiger partial charge on any atom is 0.224 e. The van der Waals surface area contributed by atoms with Gasteiger partial charge in [-0.2, -0.15) is 0 Å². The lowest BCUT2D eigenvalue weighted by atomic mass is 9.90. The molecule has 1 aliphatic heterocycles. The van der Waals surface area contributed by atoms with Crippen LogP contribution in [0.5, 0.6) is 5.75 Å². The average molecular weight is 520 g/mol. The number of aliphatic hydroxyl groups excluding tert-OH is 1. The predicted octanol–water partition coefficient (Wildman–Crippen LogP) is 6.62. The van der Waals surface area contributed by atoms with Crippen molar-refractivity contribution in [3.8, 4) is 16.9 Å². The van der Waals surface area contributed by atoms with Crippen LogP contribution in [0.2, 0.25) is 0 Å². The molecule has 6 heteroatoms. The van der Waals surface area contributed by atoms with E-state index in [1.807, 2.05) is 24.9 Å². The standard InChI is InChI=1S/C29H35N3O2.C2H6.CH4O/c1-21-20-30-28-14-11-24(19-27(28)29(21)32(22(2)33)25-7-5-8-25)23-9-12-26(13-10-23)34-18-6-17-31-15-3-4-16-31;2*1-2/h9-14,19-20,25H,3-8,15-18H2,1-2H3;1-2H3;2H,1H3. The van der Waals surface area contributed by atoms with Crippen molar-refractivity contribution in [2.45, 2.75) is 72.3 Å². The van der Waals surface area contributed by atoms with Crippen molar-refractivity contribution in [3.63, 3.8) is 0 Å². The van der Waals surface area contributed by atoms with Gasteiger partial charge in [0.05, 0.1) is 17.8 Å². The molecule has 1 aliphatic carbocycles. The fraction of sp³-hybridized carbons (Fsp3) is 0.500. The van der Waals surface area contributed by atoms with Crippen LogP contribution in [0.3, 0.4) is 0 Å². The SMILES string of the molecule is CC.CC(=O)N(c1c(C)cnc2ccc(-c3ccc(OCCCN4CCCC4)cc3)cc12)C1CCC1.CO. The van der Waals surface area contributed by atoms with E-state index in [2.05, 4.69) is 59.3 Å². The Kier molecular flexibility index (Phi) is 11.6. The van der Waals surface area contributed by atoms with E-state index in [1.54, 1.807) is 6.92 Å². The summed E-state index contributed by atoms with van der Waals surface area (Å²) in [7, 11) is 1.00. The number of hydrogen-bond donors (Lipinski definition) is 1. The summed E-state index contributed by atoms with van der Waals surface area (Å²) in [5, 5.41) is 8.04.